The van der Waals surface area contributed by atoms with Crippen molar-refractivity contribution in [2.24, 2.45) is 0 Å². The number of anilines is 2. The number of aromatic nitrogens is 1. The number of carbonyl (C=O) groups excluding carboxylic acids is 1. The van der Waals surface area contributed by atoms with Crippen molar-refractivity contribution in [2.75, 3.05) is 4.90 Å². The number of para-hydroxylation sites is 1. The molecule has 0 unspecified atom stereocenters. The fourth-order valence-electron chi connectivity index (χ4n) is 4.27. The number of halogens is 1. The minimum Gasteiger partial charge on any atom is -0.276 e. The Morgan fingerprint density at radius 3 is 2.27 bits per heavy atom. The predicted molar refractivity (Wildman–Crippen MR) is 123 cm³/mol. The Kier molecular flexibility index (Phi) is 3.67. The lowest BCUT2D eigenvalue weighted by molar-refractivity contribution is 0.101. The third kappa shape index (κ3) is 2.46. The molecule has 1 aliphatic rings. The number of fused-ring (bicyclic) bond motifs is 2. The third-order valence-electron chi connectivity index (χ3n) is 5.61. The average Bonchev–Trinajstić information content (AvgIpc) is 3.08. The second-order valence-corrected chi connectivity index (χ2v) is 7.81. The molecule has 0 bridgehead atoms. The van der Waals surface area contributed by atoms with E-state index >= 15 is 0 Å². The zero-order valence-electron chi connectivity index (χ0n) is 15.8. The number of amides is 1. The molecule has 0 saturated heterocycles. The van der Waals surface area contributed by atoms with Gasteiger partial charge in [-0.15, -0.1) is 0 Å². The Labute approximate surface area is 178 Å². The zero-order chi connectivity index (χ0) is 20.2. The maximum atomic E-state index is 13.7. The molecule has 0 radical (unpaired) electrons. The van der Waals surface area contributed by atoms with Crippen LogP contribution in [0.2, 0.25) is 5.02 Å². The molecular formula is C26H15ClN2O. The Bertz CT molecular complexity index is 1460. The van der Waals surface area contributed by atoms with Crippen LogP contribution in [0.25, 0.3) is 32.9 Å². The number of carbonyl (C=O) groups is 1. The van der Waals surface area contributed by atoms with E-state index in [1.807, 2.05) is 66.7 Å². The van der Waals surface area contributed by atoms with Crippen LogP contribution in [-0.4, -0.2) is 10.9 Å². The summed E-state index contributed by atoms with van der Waals surface area (Å²) in [6.07, 6.45) is 0. The van der Waals surface area contributed by atoms with Crippen LogP contribution in [0.5, 0.6) is 0 Å². The Hall–Kier alpha value is -3.69. The van der Waals surface area contributed by atoms with E-state index in [1.165, 1.54) is 0 Å². The summed E-state index contributed by atoms with van der Waals surface area (Å²) in [5.41, 5.74) is 6.11. The summed E-state index contributed by atoms with van der Waals surface area (Å²) >= 11 is 6.09. The first-order valence-corrected chi connectivity index (χ1v) is 10.1. The molecule has 0 aliphatic carbocycles. The molecular weight excluding hydrogens is 392 g/mol. The third-order valence-corrected chi connectivity index (χ3v) is 5.86. The molecule has 1 amide bonds. The fourth-order valence-corrected chi connectivity index (χ4v) is 4.39. The van der Waals surface area contributed by atoms with Gasteiger partial charge in [0, 0.05) is 21.5 Å². The van der Waals surface area contributed by atoms with Gasteiger partial charge in [-0.2, -0.15) is 0 Å². The minimum atomic E-state index is -0.0406. The molecule has 0 fully saturated rings. The highest BCUT2D eigenvalue weighted by Crippen LogP contribution is 2.45. The van der Waals surface area contributed by atoms with Crippen molar-refractivity contribution in [3.8, 4) is 11.1 Å². The van der Waals surface area contributed by atoms with Crippen LogP contribution in [0.15, 0.2) is 91.0 Å². The van der Waals surface area contributed by atoms with Crippen LogP contribution in [-0.2, 0) is 0 Å². The van der Waals surface area contributed by atoms with E-state index in [0.29, 0.717) is 10.6 Å². The summed E-state index contributed by atoms with van der Waals surface area (Å²) in [6, 6.07) is 29.5. The quantitative estimate of drug-likeness (QED) is 0.296. The van der Waals surface area contributed by atoms with Gasteiger partial charge in [0.05, 0.1) is 22.3 Å². The Morgan fingerprint density at radius 2 is 1.47 bits per heavy atom. The Balaban J connectivity index is 1.71. The van der Waals surface area contributed by atoms with E-state index in [1.54, 1.807) is 4.90 Å². The van der Waals surface area contributed by atoms with Gasteiger partial charge >= 0.3 is 0 Å². The summed E-state index contributed by atoms with van der Waals surface area (Å²) in [7, 11) is 0. The number of hydrogen-bond donors (Lipinski definition) is 0. The molecule has 0 spiro atoms. The summed E-state index contributed by atoms with van der Waals surface area (Å²) in [4.78, 5) is 20.4. The van der Waals surface area contributed by atoms with Crippen molar-refractivity contribution in [1.82, 2.24) is 4.98 Å². The summed E-state index contributed by atoms with van der Waals surface area (Å²) in [6.45, 7) is 0. The average molecular weight is 407 g/mol. The first kappa shape index (κ1) is 17.2. The number of benzene rings is 4. The van der Waals surface area contributed by atoms with Gasteiger partial charge in [0.1, 0.15) is 0 Å². The van der Waals surface area contributed by atoms with E-state index < -0.39 is 0 Å². The molecule has 2 heterocycles. The van der Waals surface area contributed by atoms with Gasteiger partial charge in [0.15, 0.2) is 0 Å². The van der Waals surface area contributed by atoms with Gasteiger partial charge in [0.2, 0.25) is 0 Å². The van der Waals surface area contributed by atoms with Crippen molar-refractivity contribution in [2.45, 2.75) is 0 Å². The lowest BCUT2D eigenvalue weighted by Crippen LogP contribution is -2.21. The first-order chi connectivity index (χ1) is 14.7. The molecule has 0 atom stereocenters. The van der Waals surface area contributed by atoms with Crippen molar-refractivity contribution in [3.63, 3.8) is 0 Å². The SMILES string of the molecule is O=C1c2c3ccccc3nc3cc(-c4ccccc4)cc(c23)N1c1ccc(Cl)cc1. The van der Waals surface area contributed by atoms with Crippen molar-refractivity contribution < 1.29 is 4.79 Å². The van der Waals surface area contributed by atoms with E-state index in [2.05, 4.69) is 24.3 Å². The van der Waals surface area contributed by atoms with Gasteiger partial charge in [0.25, 0.3) is 5.91 Å². The highest BCUT2D eigenvalue weighted by atomic mass is 35.5. The van der Waals surface area contributed by atoms with Crippen molar-refractivity contribution >= 4 is 50.7 Å². The normalized spacial score (nSPS) is 12.8. The molecule has 1 aliphatic heterocycles. The molecule has 6 rings (SSSR count). The molecule has 3 nitrogen and oxygen atoms in total. The van der Waals surface area contributed by atoms with Crippen LogP contribution in [0.1, 0.15) is 10.4 Å². The predicted octanol–water partition coefficient (Wildman–Crippen LogP) is 7.00. The molecule has 5 aromatic rings. The van der Waals surface area contributed by atoms with Gasteiger partial charge in [-0.1, -0.05) is 60.1 Å². The molecule has 0 N–H and O–H groups in total. The smallest absolute Gasteiger partial charge is 0.264 e. The minimum absolute atomic E-state index is 0.0406. The van der Waals surface area contributed by atoms with Gasteiger partial charge in [-0.05, 0) is 53.6 Å². The van der Waals surface area contributed by atoms with E-state index in [-0.39, 0.29) is 5.91 Å². The highest BCUT2D eigenvalue weighted by Gasteiger charge is 2.34. The molecule has 4 aromatic carbocycles. The number of hydrogen-bond acceptors (Lipinski definition) is 2. The second-order valence-electron chi connectivity index (χ2n) is 7.38. The number of pyridine rings is 1. The number of nitrogens with zero attached hydrogens (tertiary/aromatic N) is 2. The first-order valence-electron chi connectivity index (χ1n) is 9.73. The highest BCUT2D eigenvalue weighted by molar-refractivity contribution is 6.33. The number of rotatable bonds is 2. The van der Waals surface area contributed by atoms with Crippen molar-refractivity contribution in [1.29, 1.82) is 0 Å². The largest absolute Gasteiger partial charge is 0.276 e. The summed E-state index contributed by atoms with van der Waals surface area (Å²) in [5.74, 6) is -0.0406. The fraction of sp³-hybridized carbons (Fsp3) is 0. The van der Waals surface area contributed by atoms with Crippen molar-refractivity contribution in [3.05, 3.63) is 102 Å². The van der Waals surface area contributed by atoms with Crippen LogP contribution < -0.4 is 4.90 Å². The summed E-state index contributed by atoms with van der Waals surface area (Å²) < 4.78 is 0. The monoisotopic (exact) mass is 406 g/mol. The maximum absolute atomic E-state index is 13.7. The molecule has 30 heavy (non-hydrogen) atoms. The maximum Gasteiger partial charge on any atom is 0.264 e. The van der Waals surface area contributed by atoms with E-state index in [4.69, 9.17) is 16.6 Å². The van der Waals surface area contributed by atoms with Gasteiger partial charge in [-0.3, -0.25) is 9.69 Å². The van der Waals surface area contributed by atoms with Crippen LogP contribution >= 0.6 is 11.6 Å². The molecule has 1 aromatic heterocycles. The van der Waals surface area contributed by atoms with E-state index in [9.17, 15) is 4.79 Å². The van der Waals surface area contributed by atoms with Crippen LogP contribution in [0, 0.1) is 0 Å². The van der Waals surface area contributed by atoms with Crippen LogP contribution in [0.4, 0.5) is 11.4 Å². The second kappa shape index (κ2) is 6.41. The Morgan fingerprint density at radius 1 is 0.733 bits per heavy atom. The topological polar surface area (TPSA) is 33.2 Å². The molecule has 4 heteroatoms. The zero-order valence-corrected chi connectivity index (χ0v) is 16.6. The molecule has 142 valence electrons. The molecule has 0 saturated carbocycles. The van der Waals surface area contributed by atoms with Gasteiger partial charge in [-0.25, -0.2) is 4.98 Å². The van der Waals surface area contributed by atoms with E-state index in [0.717, 1.165) is 44.3 Å². The lowest BCUT2D eigenvalue weighted by Gasteiger charge is -2.18. The summed E-state index contributed by atoms with van der Waals surface area (Å²) in [5, 5.41) is 2.41. The van der Waals surface area contributed by atoms with Crippen LogP contribution in [0.3, 0.4) is 0 Å². The lowest BCUT2D eigenvalue weighted by atomic mass is 9.99. The van der Waals surface area contributed by atoms with Gasteiger partial charge < -0.3 is 0 Å². The standard InChI is InChI=1S/C26H15ClN2O/c27-18-10-12-19(13-11-18)29-23-15-17(16-6-2-1-3-7-16)14-22-25(23)24(26(29)30)20-8-4-5-9-21(20)28-22/h1-15H.